The van der Waals surface area contributed by atoms with E-state index in [-0.39, 0.29) is 0 Å². The van der Waals surface area contributed by atoms with Crippen LogP contribution in [0.25, 0.3) is 0 Å². The van der Waals surface area contributed by atoms with Crippen LogP contribution >= 0.6 is 0 Å². The van der Waals surface area contributed by atoms with E-state index in [0.29, 0.717) is 0 Å². The van der Waals surface area contributed by atoms with Crippen LogP contribution in [0.4, 0.5) is 0 Å². The number of rotatable bonds is 10. The second-order valence-electron chi connectivity index (χ2n) is 5.51. The molecule has 0 saturated carbocycles. The van der Waals surface area contributed by atoms with Crippen molar-refractivity contribution in [1.82, 2.24) is 0 Å². The molecule has 0 aliphatic heterocycles. The molecule has 0 aliphatic carbocycles. The molecule has 1 aromatic carbocycles. The molecule has 0 spiro atoms. The first-order chi connectivity index (χ1) is 10.4. The minimum absolute atomic E-state index is 1.26. The van der Waals surface area contributed by atoms with Crippen LogP contribution in [-0.4, -0.2) is 17.5 Å². The summed E-state index contributed by atoms with van der Waals surface area (Å²) in [6.45, 7) is 2.28. The topological polar surface area (TPSA) is 74.6 Å². The third-order valence-corrected chi connectivity index (χ3v) is 3.41. The van der Waals surface area contributed by atoms with Crippen molar-refractivity contribution in [2.75, 3.05) is 0 Å². The Morgan fingerprint density at radius 3 is 1.64 bits per heavy atom. The van der Waals surface area contributed by atoms with Crippen molar-refractivity contribution >= 4 is 10.4 Å². The fraction of sp³-hybridized carbons (Fsp3) is 0.647. The minimum atomic E-state index is -4.67. The van der Waals surface area contributed by atoms with E-state index in [4.69, 9.17) is 17.5 Å². The van der Waals surface area contributed by atoms with E-state index >= 15 is 0 Å². The summed E-state index contributed by atoms with van der Waals surface area (Å²) >= 11 is 0. The summed E-state index contributed by atoms with van der Waals surface area (Å²) in [5, 5.41) is 0. The Morgan fingerprint density at radius 2 is 1.18 bits per heavy atom. The van der Waals surface area contributed by atoms with Crippen LogP contribution in [0.1, 0.15) is 70.3 Å². The van der Waals surface area contributed by atoms with Crippen molar-refractivity contribution in [2.45, 2.75) is 71.1 Å². The van der Waals surface area contributed by atoms with Crippen molar-refractivity contribution in [3.05, 3.63) is 35.9 Å². The lowest BCUT2D eigenvalue weighted by Crippen LogP contribution is -1.89. The zero-order chi connectivity index (χ0) is 16.7. The van der Waals surface area contributed by atoms with Gasteiger partial charge in [0, 0.05) is 0 Å². The van der Waals surface area contributed by atoms with Crippen LogP contribution in [0, 0.1) is 0 Å². The van der Waals surface area contributed by atoms with Crippen LogP contribution in [0.15, 0.2) is 30.3 Å². The molecule has 0 amide bonds. The number of benzene rings is 1. The molecule has 0 aromatic heterocycles. The average Bonchev–Trinajstić information content (AvgIpc) is 2.45. The van der Waals surface area contributed by atoms with E-state index in [1.807, 2.05) is 0 Å². The molecule has 0 atom stereocenters. The van der Waals surface area contributed by atoms with Gasteiger partial charge in [0.1, 0.15) is 0 Å². The molecule has 4 nitrogen and oxygen atoms in total. The maximum Gasteiger partial charge on any atom is 0.394 e. The summed E-state index contributed by atoms with van der Waals surface area (Å²) in [6, 6.07) is 10.9. The summed E-state index contributed by atoms with van der Waals surface area (Å²) in [4.78, 5) is 0. The number of aryl methyl sites for hydroxylation is 1. The smallest absolute Gasteiger partial charge is 0.264 e. The Morgan fingerprint density at radius 1 is 0.773 bits per heavy atom. The monoisotopic (exact) mass is 330 g/mol. The van der Waals surface area contributed by atoms with Crippen LogP contribution < -0.4 is 0 Å². The molecule has 0 radical (unpaired) electrons. The van der Waals surface area contributed by atoms with E-state index in [1.54, 1.807) is 0 Å². The number of hydrogen-bond donors (Lipinski definition) is 2. The molecule has 0 unspecified atom stereocenters. The van der Waals surface area contributed by atoms with Gasteiger partial charge >= 0.3 is 10.4 Å². The molecule has 1 rings (SSSR count). The van der Waals surface area contributed by atoms with Crippen LogP contribution in [-0.2, 0) is 16.8 Å². The zero-order valence-electron chi connectivity index (χ0n) is 13.6. The molecule has 22 heavy (non-hydrogen) atoms. The summed E-state index contributed by atoms with van der Waals surface area (Å²) in [7, 11) is -4.67. The molecule has 2 N–H and O–H groups in total. The molecule has 0 fully saturated rings. The van der Waals surface area contributed by atoms with Crippen LogP contribution in [0.2, 0.25) is 0 Å². The lowest BCUT2D eigenvalue weighted by atomic mass is 10.0. The third-order valence-electron chi connectivity index (χ3n) is 3.41. The van der Waals surface area contributed by atoms with Gasteiger partial charge in [-0.05, 0) is 18.4 Å². The largest absolute Gasteiger partial charge is 0.394 e. The number of unbranched alkanes of at least 4 members (excludes halogenated alkanes) is 8. The molecule has 0 heterocycles. The van der Waals surface area contributed by atoms with Crippen LogP contribution in [0.3, 0.4) is 0 Å². The average molecular weight is 330 g/mol. The first-order valence-electron chi connectivity index (χ1n) is 8.17. The Kier molecular flexibility index (Phi) is 13.2. The quantitative estimate of drug-likeness (QED) is 0.462. The Balaban J connectivity index is 0.000000763. The molecule has 0 aliphatic rings. The maximum absolute atomic E-state index is 8.74. The van der Waals surface area contributed by atoms with Gasteiger partial charge in [0.2, 0.25) is 0 Å². The Hall–Kier alpha value is -0.910. The fourth-order valence-corrected chi connectivity index (χ4v) is 2.28. The second-order valence-corrected chi connectivity index (χ2v) is 6.41. The van der Waals surface area contributed by atoms with E-state index in [9.17, 15) is 0 Å². The summed E-state index contributed by atoms with van der Waals surface area (Å²) in [5.41, 5.74) is 1.50. The minimum Gasteiger partial charge on any atom is -0.264 e. The lowest BCUT2D eigenvalue weighted by Gasteiger charge is -2.02. The normalized spacial score (nSPS) is 10.9. The Bertz CT molecular complexity index is 435. The van der Waals surface area contributed by atoms with Gasteiger partial charge < -0.3 is 0 Å². The van der Waals surface area contributed by atoms with E-state index in [1.165, 1.54) is 69.8 Å². The highest BCUT2D eigenvalue weighted by Crippen LogP contribution is 2.11. The lowest BCUT2D eigenvalue weighted by molar-refractivity contribution is 0.381. The highest BCUT2D eigenvalue weighted by Gasteiger charge is 1.93. The van der Waals surface area contributed by atoms with Gasteiger partial charge in [0.15, 0.2) is 0 Å². The predicted octanol–water partition coefficient (Wildman–Crippen LogP) is 5.11. The molecule has 0 bridgehead atoms. The number of hydrogen-bond acceptors (Lipinski definition) is 2. The van der Waals surface area contributed by atoms with Gasteiger partial charge in [0.25, 0.3) is 0 Å². The first-order valence-corrected chi connectivity index (χ1v) is 9.57. The SMILES string of the molecule is CCCCCCCCCCCc1ccccc1.O=S(=O)(O)O. The van der Waals surface area contributed by atoms with Crippen molar-refractivity contribution in [3.63, 3.8) is 0 Å². The van der Waals surface area contributed by atoms with Gasteiger partial charge in [-0.2, -0.15) is 8.42 Å². The van der Waals surface area contributed by atoms with Crippen molar-refractivity contribution < 1.29 is 17.5 Å². The van der Waals surface area contributed by atoms with Crippen molar-refractivity contribution in [2.24, 2.45) is 0 Å². The standard InChI is InChI=1S/C17H28.H2O4S/c1-2-3-4-5-6-7-8-9-11-14-17-15-12-10-13-16-17;1-5(2,3)4/h10,12-13,15-16H,2-9,11,14H2,1H3;(H2,1,2,3,4). The molecule has 0 saturated heterocycles. The molecular weight excluding hydrogens is 300 g/mol. The third kappa shape index (κ3) is 19.1. The summed E-state index contributed by atoms with van der Waals surface area (Å²) < 4.78 is 31.6. The molecule has 128 valence electrons. The zero-order valence-corrected chi connectivity index (χ0v) is 14.4. The van der Waals surface area contributed by atoms with Gasteiger partial charge in [-0.1, -0.05) is 88.6 Å². The molecule has 1 aromatic rings. The first kappa shape index (κ1) is 21.1. The van der Waals surface area contributed by atoms with E-state index in [2.05, 4.69) is 37.3 Å². The second kappa shape index (κ2) is 13.7. The van der Waals surface area contributed by atoms with Crippen molar-refractivity contribution in [1.29, 1.82) is 0 Å². The fourth-order valence-electron chi connectivity index (χ4n) is 2.28. The van der Waals surface area contributed by atoms with Gasteiger partial charge in [-0.25, -0.2) is 0 Å². The maximum atomic E-state index is 8.74. The summed E-state index contributed by atoms with van der Waals surface area (Å²) in [5.74, 6) is 0. The van der Waals surface area contributed by atoms with Gasteiger partial charge in [-0.15, -0.1) is 0 Å². The van der Waals surface area contributed by atoms with Gasteiger partial charge in [0.05, 0.1) is 0 Å². The van der Waals surface area contributed by atoms with E-state index < -0.39 is 10.4 Å². The van der Waals surface area contributed by atoms with Gasteiger partial charge in [-0.3, -0.25) is 9.11 Å². The van der Waals surface area contributed by atoms with Crippen LogP contribution in [0.5, 0.6) is 0 Å². The van der Waals surface area contributed by atoms with Crippen molar-refractivity contribution in [3.8, 4) is 0 Å². The predicted molar refractivity (Wildman–Crippen MR) is 91.6 cm³/mol. The summed E-state index contributed by atoms with van der Waals surface area (Å²) in [6.07, 6.45) is 14.0. The molecule has 5 heteroatoms. The highest BCUT2D eigenvalue weighted by atomic mass is 32.3. The van der Waals surface area contributed by atoms with E-state index in [0.717, 1.165) is 0 Å². The molecular formula is C17H30O4S. The highest BCUT2D eigenvalue weighted by molar-refractivity contribution is 7.79. The Labute approximate surface area is 135 Å².